The summed E-state index contributed by atoms with van der Waals surface area (Å²) in [5.41, 5.74) is -0.560. The van der Waals surface area contributed by atoms with E-state index in [4.69, 9.17) is 14.2 Å². The highest BCUT2D eigenvalue weighted by molar-refractivity contribution is 6.76. The molecular formula is C22H33NO7Si. The summed E-state index contributed by atoms with van der Waals surface area (Å²) < 4.78 is 15.6. The zero-order valence-electron chi connectivity index (χ0n) is 19.1. The van der Waals surface area contributed by atoms with Crippen LogP contribution in [0.5, 0.6) is 0 Å². The van der Waals surface area contributed by atoms with Crippen LogP contribution in [0.1, 0.15) is 26.3 Å². The zero-order chi connectivity index (χ0) is 23.7. The Kier molecular flexibility index (Phi) is 9.76. The number of hydrogen-bond donors (Lipinski definition) is 2. The van der Waals surface area contributed by atoms with Crippen molar-refractivity contribution in [1.82, 2.24) is 5.32 Å². The van der Waals surface area contributed by atoms with E-state index in [1.54, 1.807) is 45.0 Å². The number of alkyl carbamates (subject to hydrolysis) is 1. The molecule has 8 nitrogen and oxygen atoms in total. The van der Waals surface area contributed by atoms with E-state index in [9.17, 15) is 19.5 Å². The fraction of sp³-hybridized carbons (Fsp3) is 0.500. The van der Waals surface area contributed by atoms with Gasteiger partial charge < -0.3 is 24.6 Å². The molecule has 0 bridgehead atoms. The van der Waals surface area contributed by atoms with E-state index in [1.165, 1.54) is 0 Å². The van der Waals surface area contributed by atoms with Crippen molar-refractivity contribution in [3.05, 3.63) is 47.7 Å². The smallest absolute Gasteiger partial charge is 0.408 e. The molecule has 1 rings (SSSR count). The molecule has 0 spiro atoms. The number of amides is 1. The Morgan fingerprint density at radius 2 is 1.71 bits per heavy atom. The first-order chi connectivity index (χ1) is 14.3. The standard InChI is InChI=1S/C22H33NO7Si/c1-22(2,3)30-21(27)23-18(20(26)28-12-13-31(4,5)6)17(14-24)19(25)29-15-16-10-8-7-9-11-16/h7-11,14,18,24H,12-13,15H2,1-6H3,(H,23,27)/b17-14-/t18-/m0/s1. The SMILES string of the molecule is CC(C)(C)OC(=O)N[C@H](C(=O)OCC[Si](C)(C)C)/C(=C/O)C(=O)OCc1ccccc1. The molecule has 0 aliphatic rings. The Morgan fingerprint density at radius 3 is 2.23 bits per heavy atom. The van der Waals surface area contributed by atoms with Crippen molar-refractivity contribution in [1.29, 1.82) is 0 Å². The maximum absolute atomic E-state index is 12.7. The van der Waals surface area contributed by atoms with Crippen LogP contribution in [0.15, 0.2) is 42.2 Å². The first-order valence-electron chi connectivity index (χ1n) is 10.0. The number of rotatable bonds is 9. The number of nitrogens with one attached hydrogen (secondary N) is 1. The van der Waals surface area contributed by atoms with E-state index < -0.39 is 43.3 Å². The van der Waals surface area contributed by atoms with Gasteiger partial charge in [0.25, 0.3) is 0 Å². The molecule has 0 aliphatic carbocycles. The van der Waals surface area contributed by atoms with Crippen molar-refractivity contribution in [2.75, 3.05) is 6.61 Å². The third-order valence-electron chi connectivity index (χ3n) is 3.89. The van der Waals surface area contributed by atoms with Gasteiger partial charge in [-0.1, -0.05) is 50.0 Å². The van der Waals surface area contributed by atoms with Gasteiger partial charge in [0.2, 0.25) is 0 Å². The molecule has 1 amide bonds. The molecule has 172 valence electrons. The van der Waals surface area contributed by atoms with Crippen molar-refractivity contribution in [3.63, 3.8) is 0 Å². The van der Waals surface area contributed by atoms with Gasteiger partial charge in [-0.05, 0) is 32.4 Å². The molecule has 1 aromatic rings. The minimum atomic E-state index is -1.58. The third-order valence-corrected chi connectivity index (χ3v) is 5.60. The van der Waals surface area contributed by atoms with Crippen LogP contribution in [-0.4, -0.2) is 49.5 Å². The van der Waals surface area contributed by atoms with Gasteiger partial charge in [-0.25, -0.2) is 14.4 Å². The summed E-state index contributed by atoms with van der Waals surface area (Å²) in [6, 6.07) is 8.04. The van der Waals surface area contributed by atoms with Gasteiger partial charge in [-0.3, -0.25) is 0 Å². The molecule has 0 radical (unpaired) electrons. The predicted octanol–water partition coefficient (Wildman–Crippen LogP) is 3.95. The highest BCUT2D eigenvalue weighted by Crippen LogP contribution is 2.14. The van der Waals surface area contributed by atoms with Crippen molar-refractivity contribution in [2.24, 2.45) is 0 Å². The molecule has 0 saturated heterocycles. The van der Waals surface area contributed by atoms with Gasteiger partial charge in [0.1, 0.15) is 17.8 Å². The largest absolute Gasteiger partial charge is 0.515 e. The first-order valence-corrected chi connectivity index (χ1v) is 13.7. The van der Waals surface area contributed by atoms with Gasteiger partial charge in [0, 0.05) is 8.07 Å². The second-order valence-corrected chi connectivity index (χ2v) is 14.8. The fourth-order valence-electron chi connectivity index (χ4n) is 2.28. The topological polar surface area (TPSA) is 111 Å². The number of hydrogen-bond acceptors (Lipinski definition) is 7. The molecule has 1 aromatic carbocycles. The number of aliphatic hydroxyl groups excluding tert-OH is 1. The number of esters is 2. The minimum Gasteiger partial charge on any atom is -0.515 e. The monoisotopic (exact) mass is 451 g/mol. The lowest BCUT2D eigenvalue weighted by atomic mass is 10.1. The van der Waals surface area contributed by atoms with Crippen LogP contribution in [0.3, 0.4) is 0 Å². The van der Waals surface area contributed by atoms with Crippen LogP contribution in [0.25, 0.3) is 0 Å². The third kappa shape index (κ3) is 10.7. The normalized spacial score (nSPS) is 13.2. The van der Waals surface area contributed by atoms with Crippen LogP contribution in [0.4, 0.5) is 4.79 Å². The first kappa shape index (κ1) is 26.2. The number of carbonyl (C=O) groups excluding carboxylic acids is 3. The van der Waals surface area contributed by atoms with Gasteiger partial charge in [-0.15, -0.1) is 0 Å². The summed E-state index contributed by atoms with van der Waals surface area (Å²) in [4.78, 5) is 37.5. The highest BCUT2D eigenvalue weighted by atomic mass is 28.3. The quantitative estimate of drug-likeness (QED) is 0.192. The molecule has 9 heteroatoms. The van der Waals surface area contributed by atoms with E-state index in [1.807, 2.05) is 6.07 Å². The molecule has 0 saturated carbocycles. The minimum absolute atomic E-state index is 0.0686. The number of aliphatic hydroxyl groups is 1. The van der Waals surface area contributed by atoms with Crippen molar-refractivity contribution >= 4 is 26.1 Å². The van der Waals surface area contributed by atoms with Gasteiger partial charge >= 0.3 is 18.0 Å². The average Bonchev–Trinajstić information content (AvgIpc) is 2.64. The van der Waals surface area contributed by atoms with E-state index in [0.717, 1.165) is 5.56 Å². The summed E-state index contributed by atoms with van der Waals surface area (Å²) in [5, 5.41) is 12.0. The molecular weight excluding hydrogens is 418 g/mol. The van der Waals surface area contributed by atoms with E-state index in [-0.39, 0.29) is 13.2 Å². The molecule has 1 atom stereocenters. The number of carbonyl (C=O) groups is 3. The van der Waals surface area contributed by atoms with Crippen molar-refractivity contribution < 1.29 is 33.7 Å². The number of benzene rings is 1. The Morgan fingerprint density at radius 1 is 1.10 bits per heavy atom. The van der Waals surface area contributed by atoms with Gasteiger partial charge in [-0.2, -0.15) is 0 Å². The molecule has 0 unspecified atom stereocenters. The summed E-state index contributed by atoms with van der Waals surface area (Å²) in [6.07, 6.45) is -0.496. The summed E-state index contributed by atoms with van der Waals surface area (Å²) in [6.45, 7) is 11.4. The van der Waals surface area contributed by atoms with Crippen LogP contribution in [-0.2, 0) is 30.4 Å². The maximum atomic E-state index is 12.7. The highest BCUT2D eigenvalue weighted by Gasteiger charge is 2.34. The molecule has 31 heavy (non-hydrogen) atoms. The maximum Gasteiger partial charge on any atom is 0.408 e. The van der Waals surface area contributed by atoms with Crippen LogP contribution in [0.2, 0.25) is 25.7 Å². The summed E-state index contributed by atoms with van der Waals surface area (Å²) >= 11 is 0. The Bertz CT molecular complexity index is 779. The summed E-state index contributed by atoms with van der Waals surface area (Å²) in [5.74, 6) is -1.85. The average molecular weight is 452 g/mol. The molecule has 0 aliphatic heterocycles. The predicted molar refractivity (Wildman–Crippen MR) is 119 cm³/mol. The Labute approximate surface area is 184 Å². The van der Waals surface area contributed by atoms with Crippen LogP contribution in [0, 0.1) is 0 Å². The molecule has 0 heterocycles. The zero-order valence-corrected chi connectivity index (χ0v) is 20.1. The molecule has 2 N–H and O–H groups in total. The second kappa shape index (κ2) is 11.5. The number of ether oxygens (including phenoxy) is 3. The fourth-order valence-corrected chi connectivity index (χ4v) is 3.00. The van der Waals surface area contributed by atoms with Gasteiger partial charge in [0.15, 0.2) is 6.04 Å². The van der Waals surface area contributed by atoms with E-state index in [0.29, 0.717) is 12.3 Å². The summed E-state index contributed by atoms with van der Waals surface area (Å²) in [7, 11) is -1.47. The Hall–Kier alpha value is -2.81. The lowest BCUT2D eigenvalue weighted by Crippen LogP contribution is -2.47. The molecule has 0 aromatic heterocycles. The van der Waals surface area contributed by atoms with E-state index >= 15 is 0 Å². The lowest BCUT2D eigenvalue weighted by Gasteiger charge is -2.24. The van der Waals surface area contributed by atoms with E-state index in [2.05, 4.69) is 25.0 Å². The second-order valence-electron chi connectivity index (χ2n) is 9.20. The van der Waals surface area contributed by atoms with Crippen LogP contribution >= 0.6 is 0 Å². The van der Waals surface area contributed by atoms with Crippen molar-refractivity contribution in [3.8, 4) is 0 Å². The van der Waals surface area contributed by atoms with Gasteiger partial charge in [0.05, 0.1) is 12.9 Å². The van der Waals surface area contributed by atoms with Crippen LogP contribution < -0.4 is 5.32 Å². The molecule has 0 fully saturated rings. The van der Waals surface area contributed by atoms with Crippen molar-refractivity contribution in [2.45, 2.75) is 64.7 Å². The lowest BCUT2D eigenvalue weighted by molar-refractivity contribution is -0.148. The Balaban J connectivity index is 2.94.